The summed E-state index contributed by atoms with van der Waals surface area (Å²) < 4.78 is 22.3. The van der Waals surface area contributed by atoms with Crippen LogP contribution in [0.4, 0.5) is 0 Å². The third kappa shape index (κ3) is 5.56. The molecule has 0 saturated heterocycles. The summed E-state index contributed by atoms with van der Waals surface area (Å²) in [6, 6.07) is 8.24. The number of ether oxygens (including phenoxy) is 2. The number of aromatic amines is 1. The summed E-state index contributed by atoms with van der Waals surface area (Å²) in [5, 5.41) is 0. The molecule has 0 bridgehead atoms. The van der Waals surface area contributed by atoms with Crippen LogP contribution in [0, 0.1) is 0 Å². The number of methoxy groups -OCH3 is 1. The van der Waals surface area contributed by atoms with Crippen molar-refractivity contribution in [3.63, 3.8) is 0 Å². The number of H-pyrrole nitrogens is 1. The molecule has 134 valence electrons. The van der Waals surface area contributed by atoms with Crippen LogP contribution in [-0.2, 0) is 27.0 Å². The Labute approximate surface area is 148 Å². The van der Waals surface area contributed by atoms with Gasteiger partial charge >= 0.3 is 5.97 Å². The van der Waals surface area contributed by atoms with E-state index in [1.54, 1.807) is 24.3 Å². The third-order valence-electron chi connectivity index (χ3n) is 3.39. The fraction of sp³-hybridized carbons (Fsp3) is 0.333. The van der Waals surface area contributed by atoms with Gasteiger partial charge in [0.05, 0.1) is 25.0 Å². The van der Waals surface area contributed by atoms with Crippen LogP contribution in [-0.4, -0.2) is 28.9 Å². The highest BCUT2D eigenvalue weighted by molar-refractivity contribution is 7.83. The van der Waals surface area contributed by atoms with Crippen molar-refractivity contribution < 1.29 is 18.5 Å². The van der Waals surface area contributed by atoms with Crippen molar-refractivity contribution in [2.45, 2.75) is 24.9 Å². The van der Waals surface area contributed by atoms with Gasteiger partial charge in [0.15, 0.2) is 5.75 Å². The molecule has 0 fully saturated rings. The van der Waals surface area contributed by atoms with Gasteiger partial charge in [0.2, 0.25) is 5.43 Å². The van der Waals surface area contributed by atoms with Crippen LogP contribution < -0.4 is 10.2 Å². The van der Waals surface area contributed by atoms with Gasteiger partial charge in [0.1, 0.15) is 0 Å². The number of aromatic nitrogens is 1. The Kier molecular flexibility index (Phi) is 6.94. The molecule has 0 radical (unpaired) electrons. The maximum Gasteiger partial charge on any atom is 0.337 e. The number of esters is 1. The van der Waals surface area contributed by atoms with E-state index in [-0.39, 0.29) is 22.7 Å². The molecule has 1 aromatic heterocycles. The van der Waals surface area contributed by atoms with Crippen molar-refractivity contribution in [1.29, 1.82) is 0 Å². The second-order valence-corrected chi connectivity index (χ2v) is 6.91. The van der Waals surface area contributed by atoms with Gasteiger partial charge in [-0.15, -0.1) is 0 Å². The summed E-state index contributed by atoms with van der Waals surface area (Å²) in [5.74, 6) is 0.328. The molecular formula is C18H21NO5S. The molecule has 0 saturated carbocycles. The van der Waals surface area contributed by atoms with Crippen molar-refractivity contribution in [3.8, 4) is 5.75 Å². The molecule has 0 aliphatic carbocycles. The minimum Gasteiger partial charge on any atom is -0.488 e. The Morgan fingerprint density at radius 2 is 2.04 bits per heavy atom. The molecule has 0 amide bonds. The molecule has 0 spiro atoms. The van der Waals surface area contributed by atoms with Gasteiger partial charge in [-0.1, -0.05) is 19.1 Å². The normalized spacial score (nSPS) is 11.8. The van der Waals surface area contributed by atoms with E-state index in [2.05, 4.69) is 9.72 Å². The lowest BCUT2D eigenvalue weighted by atomic mass is 10.1. The maximum atomic E-state index is 12.3. The second-order valence-electron chi connectivity index (χ2n) is 5.46. The molecule has 6 nitrogen and oxygen atoms in total. The molecule has 2 rings (SSSR count). The molecule has 2 aromatic rings. The Morgan fingerprint density at radius 1 is 1.24 bits per heavy atom. The number of hydrogen-bond donors (Lipinski definition) is 1. The van der Waals surface area contributed by atoms with Crippen LogP contribution in [0.15, 0.2) is 41.3 Å². The highest BCUT2D eigenvalue weighted by atomic mass is 32.2. The van der Waals surface area contributed by atoms with Crippen molar-refractivity contribution in [1.82, 2.24) is 4.98 Å². The average molecular weight is 363 g/mol. The second kappa shape index (κ2) is 9.17. The molecule has 25 heavy (non-hydrogen) atoms. The molecule has 0 aliphatic heterocycles. The van der Waals surface area contributed by atoms with E-state index in [0.29, 0.717) is 17.9 Å². The van der Waals surface area contributed by atoms with Crippen LogP contribution >= 0.6 is 0 Å². The summed E-state index contributed by atoms with van der Waals surface area (Å²) in [5.41, 5.74) is 1.54. The molecule has 1 unspecified atom stereocenters. The van der Waals surface area contributed by atoms with Crippen LogP contribution in [0.1, 0.15) is 35.0 Å². The predicted molar refractivity (Wildman–Crippen MR) is 96.2 cm³/mol. The van der Waals surface area contributed by atoms with E-state index in [1.165, 1.54) is 19.4 Å². The first-order valence-electron chi connectivity index (χ1n) is 7.90. The van der Waals surface area contributed by atoms with Crippen LogP contribution in [0.5, 0.6) is 5.75 Å². The van der Waals surface area contributed by atoms with E-state index >= 15 is 0 Å². The SMILES string of the molecule is CCCOc1c[nH]c(CS(=O)Cc2cccc(C(=O)OC)c2)cc1=O. The number of carbonyl (C=O) groups excluding carboxylic acids is 1. The Bertz CT molecular complexity index is 815. The van der Waals surface area contributed by atoms with Crippen molar-refractivity contribution >= 4 is 16.8 Å². The van der Waals surface area contributed by atoms with E-state index in [0.717, 1.165) is 12.0 Å². The van der Waals surface area contributed by atoms with E-state index < -0.39 is 16.8 Å². The molecule has 1 atom stereocenters. The van der Waals surface area contributed by atoms with E-state index in [4.69, 9.17) is 4.74 Å². The summed E-state index contributed by atoms with van der Waals surface area (Å²) in [6.45, 7) is 2.44. The highest BCUT2D eigenvalue weighted by Gasteiger charge is 2.10. The summed E-state index contributed by atoms with van der Waals surface area (Å²) in [7, 11) is 0.0881. The minimum atomic E-state index is -1.23. The Morgan fingerprint density at radius 3 is 2.72 bits per heavy atom. The molecular weight excluding hydrogens is 342 g/mol. The zero-order valence-corrected chi connectivity index (χ0v) is 15.1. The summed E-state index contributed by atoms with van der Waals surface area (Å²) in [6.07, 6.45) is 2.32. The van der Waals surface area contributed by atoms with Crippen LogP contribution in [0.3, 0.4) is 0 Å². The van der Waals surface area contributed by atoms with E-state index in [1.807, 2.05) is 6.92 Å². The number of rotatable bonds is 8. The number of carbonyl (C=O) groups is 1. The van der Waals surface area contributed by atoms with E-state index in [9.17, 15) is 13.8 Å². The van der Waals surface area contributed by atoms with Crippen LogP contribution in [0.2, 0.25) is 0 Å². The van der Waals surface area contributed by atoms with Gasteiger partial charge in [0.25, 0.3) is 0 Å². The van der Waals surface area contributed by atoms with Gasteiger partial charge in [-0.3, -0.25) is 9.00 Å². The van der Waals surface area contributed by atoms with Gasteiger partial charge < -0.3 is 14.5 Å². The standard InChI is InChI=1S/C18H21NO5S/c1-3-7-24-17-10-19-15(9-16(17)20)12-25(22)11-13-5-4-6-14(8-13)18(21)23-2/h4-6,8-10H,3,7,11-12H2,1-2H3,(H,19,20). The molecule has 1 N–H and O–H groups in total. The fourth-order valence-corrected chi connectivity index (χ4v) is 3.39. The first kappa shape index (κ1) is 18.9. The molecule has 7 heteroatoms. The number of hydrogen-bond acceptors (Lipinski definition) is 5. The highest BCUT2D eigenvalue weighted by Crippen LogP contribution is 2.11. The number of nitrogens with one attached hydrogen (secondary N) is 1. The van der Waals surface area contributed by atoms with Gasteiger partial charge in [-0.25, -0.2) is 4.79 Å². The third-order valence-corrected chi connectivity index (χ3v) is 4.68. The lowest BCUT2D eigenvalue weighted by Crippen LogP contribution is -2.11. The lowest BCUT2D eigenvalue weighted by molar-refractivity contribution is 0.0600. The zero-order valence-electron chi connectivity index (χ0n) is 14.2. The molecule has 1 aromatic carbocycles. The average Bonchev–Trinajstić information content (AvgIpc) is 2.60. The van der Waals surface area contributed by atoms with Crippen molar-refractivity contribution in [2.75, 3.05) is 13.7 Å². The Balaban J connectivity index is 2.02. The predicted octanol–water partition coefficient (Wildman–Crippen LogP) is 2.40. The Hall–Kier alpha value is -2.41. The quantitative estimate of drug-likeness (QED) is 0.728. The first-order chi connectivity index (χ1) is 12.0. The summed E-state index contributed by atoms with van der Waals surface area (Å²) in [4.78, 5) is 26.4. The molecule has 1 heterocycles. The van der Waals surface area contributed by atoms with Gasteiger partial charge in [0, 0.05) is 34.5 Å². The topological polar surface area (TPSA) is 85.5 Å². The lowest BCUT2D eigenvalue weighted by Gasteiger charge is -2.07. The van der Waals surface area contributed by atoms with Crippen molar-refractivity contribution in [2.24, 2.45) is 0 Å². The van der Waals surface area contributed by atoms with Gasteiger partial charge in [-0.2, -0.15) is 0 Å². The number of benzene rings is 1. The van der Waals surface area contributed by atoms with Crippen molar-refractivity contribution in [3.05, 3.63) is 63.6 Å². The largest absolute Gasteiger partial charge is 0.488 e. The summed E-state index contributed by atoms with van der Waals surface area (Å²) >= 11 is 0. The fourth-order valence-electron chi connectivity index (χ4n) is 2.22. The maximum absolute atomic E-state index is 12.3. The van der Waals surface area contributed by atoms with Crippen LogP contribution in [0.25, 0.3) is 0 Å². The smallest absolute Gasteiger partial charge is 0.337 e. The molecule has 0 aliphatic rings. The monoisotopic (exact) mass is 363 g/mol. The minimum absolute atomic E-state index is 0.214. The number of pyridine rings is 1. The van der Waals surface area contributed by atoms with Gasteiger partial charge in [-0.05, 0) is 24.1 Å². The zero-order chi connectivity index (χ0) is 18.2. The first-order valence-corrected chi connectivity index (χ1v) is 9.39.